The molecular formula is C20H16NO3+. The Kier molecular flexibility index (Phi) is 4.20. The molecule has 0 aliphatic rings. The van der Waals surface area contributed by atoms with Gasteiger partial charge in [-0.1, -0.05) is 55.1 Å². The predicted molar refractivity (Wildman–Crippen MR) is 91.6 cm³/mol. The molecule has 2 aromatic carbocycles. The Hall–Kier alpha value is -3.27. The lowest BCUT2D eigenvalue weighted by Crippen LogP contribution is -2.42. The van der Waals surface area contributed by atoms with Gasteiger partial charge in [0.15, 0.2) is 6.20 Å². The van der Waals surface area contributed by atoms with Crippen LogP contribution < -0.4 is 4.57 Å². The van der Waals surface area contributed by atoms with Crippen LogP contribution in [0.1, 0.15) is 16.1 Å². The minimum atomic E-state index is -1.10. The molecule has 3 rings (SSSR count). The van der Waals surface area contributed by atoms with Gasteiger partial charge >= 0.3 is 5.97 Å². The quantitative estimate of drug-likeness (QED) is 0.447. The molecule has 0 bridgehead atoms. The summed E-state index contributed by atoms with van der Waals surface area (Å²) in [4.78, 5) is 24.0. The van der Waals surface area contributed by atoms with Crippen molar-refractivity contribution < 1.29 is 19.3 Å². The Labute approximate surface area is 139 Å². The summed E-state index contributed by atoms with van der Waals surface area (Å²) in [6.45, 7) is 3.74. The summed E-state index contributed by atoms with van der Waals surface area (Å²) in [6.07, 6.45) is 1.73. The molecule has 0 saturated heterocycles. The molecular weight excluding hydrogens is 302 g/mol. The number of carbonyl (C=O) groups is 2. The summed E-state index contributed by atoms with van der Waals surface area (Å²) in [6, 6.07) is 18.3. The van der Waals surface area contributed by atoms with Crippen LogP contribution in [0.15, 0.2) is 73.4 Å². The van der Waals surface area contributed by atoms with E-state index in [0.717, 1.165) is 10.8 Å². The number of carboxylic acids is 1. The first-order chi connectivity index (χ1) is 11.6. The number of pyridine rings is 1. The number of fused-ring (bicyclic) bond motifs is 1. The predicted octanol–water partition coefficient (Wildman–Crippen LogP) is 3.11. The van der Waals surface area contributed by atoms with Crippen molar-refractivity contribution in [3.8, 4) is 0 Å². The van der Waals surface area contributed by atoms with Crippen LogP contribution in [0.5, 0.6) is 0 Å². The van der Waals surface area contributed by atoms with Crippen LogP contribution in [0.4, 0.5) is 0 Å². The molecule has 4 heteroatoms. The van der Waals surface area contributed by atoms with Crippen LogP contribution in [-0.4, -0.2) is 16.9 Å². The Balaban J connectivity index is 2.10. The molecule has 3 aromatic rings. The van der Waals surface area contributed by atoms with Gasteiger partial charge in [0.2, 0.25) is 18.0 Å². The van der Waals surface area contributed by atoms with E-state index in [4.69, 9.17) is 0 Å². The van der Waals surface area contributed by atoms with E-state index in [1.165, 1.54) is 0 Å². The monoisotopic (exact) mass is 318 g/mol. The van der Waals surface area contributed by atoms with Crippen LogP contribution in [0.2, 0.25) is 0 Å². The fourth-order valence-electron chi connectivity index (χ4n) is 2.70. The standard InChI is InChI=1S/C20H15NO3/c1-14(20(23)24)19-17-10-6-5-7-15(17)11-12-21(19)13-18(22)16-8-3-2-4-9-16/h2-12H,1,13H2/p+1. The van der Waals surface area contributed by atoms with Crippen LogP contribution in [-0.2, 0) is 11.3 Å². The SMILES string of the molecule is C=C(C(=O)O)c1c2ccccc2cc[n+]1CC(=O)c1ccccc1. The summed E-state index contributed by atoms with van der Waals surface area (Å²) >= 11 is 0. The average molecular weight is 318 g/mol. The maximum absolute atomic E-state index is 12.5. The Morgan fingerprint density at radius 1 is 0.958 bits per heavy atom. The zero-order chi connectivity index (χ0) is 17.1. The number of rotatable bonds is 5. The molecule has 0 radical (unpaired) electrons. The minimum Gasteiger partial charge on any atom is -0.477 e. The Bertz CT molecular complexity index is 946. The molecule has 1 N–H and O–H groups in total. The molecule has 0 aliphatic carbocycles. The lowest BCUT2D eigenvalue weighted by atomic mass is 10.0. The van der Waals surface area contributed by atoms with E-state index in [1.54, 1.807) is 35.0 Å². The number of aromatic nitrogens is 1. The van der Waals surface area contributed by atoms with Crippen LogP contribution in [0.25, 0.3) is 16.3 Å². The molecule has 24 heavy (non-hydrogen) atoms. The topological polar surface area (TPSA) is 58.2 Å². The first-order valence-corrected chi connectivity index (χ1v) is 7.50. The third kappa shape index (κ3) is 2.94. The summed E-state index contributed by atoms with van der Waals surface area (Å²) in [5, 5.41) is 11.0. The van der Waals surface area contributed by atoms with Gasteiger partial charge in [-0.3, -0.25) is 4.79 Å². The second kappa shape index (κ2) is 6.46. The van der Waals surface area contributed by atoms with E-state index in [2.05, 4.69) is 6.58 Å². The lowest BCUT2D eigenvalue weighted by molar-refractivity contribution is -0.683. The number of aliphatic carboxylic acids is 1. The van der Waals surface area contributed by atoms with Gasteiger partial charge in [-0.25, -0.2) is 4.79 Å². The van der Waals surface area contributed by atoms with Gasteiger partial charge < -0.3 is 5.11 Å². The molecule has 0 atom stereocenters. The van der Waals surface area contributed by atoms with Crippen molar-refractivity contribution in [3.63, 3.8) is 0 Å². The molecule has 118 valence electrons. The van der Waals surface area contributed by atoms with Crippen molar-refractivity contribution in [1.29, 1.82) is 0 Å². The first kappa shape index (κ1) is 15.6. The molecule has 0 saturated carbocycles. The molecule has 0 unspecified atom stereocenters. The molecule has 0 spiro atoms. The number of benzene rings is 2. The molecule has 0 fully saturated rings. The number of hydrogen-bond donors (Lipinski definition) is 1. The molecule has 1 heterocycles. The zero-order valence-electron chi connectivity index (χ0n) is 13.0. The van der Waals surface area contributed by atoms with E-state index in [1.807, 2.05) is 36.4 Å². The summed E-state index contributed by atoms with van der Waals surface area (Å²) in [5.41, 5.74) is 1.00. The molecule has 0 aliphatic heterocycles. The Morgan fingerprint density at radius 2 is 1.62 bits per heavy atom. The fourth-order valence-corrected chi connectivity index (χ4v) is 2.70. The third-order valence-corrected chi connectivity index (χ3v) is 3.89. The summed E-state index contributed by atoms with van der Waals surface area (Å²) < 4.78 is 1.65. The van der Waals surface area contributed by atoms with Gasteiger partial charge in [-0.15, -0.1) is 0 Å². The first-order valence-electron chi connectivity index (χ1n) is 7.50. The van der Waals surface area contributed by atoms with Gasteiger partial charge in [-0.2, -0.15) is 4.57 Å². The largest absolute Gasteiger partial charge is 0.477 e. The fraction of sp³-hybridized carbons (Fsp3) is 0.0500. The lowest BCUT2D eigenvalue weighted by Gasteiger charge is -2.07. The van der Waals surface area contributed by atoms with Gasteiger partial charge in [0, 0.05) is 11.6 Å². The normalized spacial score (nSPS) is 10.5. The van der Waals surface area contributed by atoms with Gasteiger partial charge in [0.05, 0.1) is 5.39 Å². The smallest absolute Gasteiger partial charge is 0.341 e. The second-order valence-electron chi connectivity index (χ2n) is 5.45. The van der Waals surface area contributed by atoms with E-state index in [9.17, 15) is 14.7 Å². The number of hydrogen-bond acceptors (Lipinski definition) is 2. The maximum atomic E-state index is 12.5. The molecule has 1 aromatic heterocycles. The van der Waals surface area contributed by atoms with Gasteiger partial charge in [0.25, 0.3) is 0 Å². The molecule has 4 nitrogen and oxygen atoms in total. The number of Topliss-reactive ketones (excluding diaryl/α,β-unsaturated/α-hetero) is 1. The van der Waals surface area contributed by atoms with Crippen molar-refractivity contribution in [2.75, 3.05) is 0 Å². The second-order valence-corrected chi connectivity index (χ2v) is 5.45. The summed E-state index contributed by atoms with van der Waals surface area (Å²) in [7, 11) is 0. The van der Waals surface area contributed by atoms with Crippen molar-refractivity contribution in [2.45, 2.75) is 6.54 Å². The number of carboxylic acid groups (broad SMARTS) is 1. The molecule has 0 amide bonds. The van der Waals surface area contributed by atoms with E-state index in [0.29, 0.717) is 11.3 Å². The highest BCUT2D eigenvalue weighted by atomic mass is 16.4. The van der Waals surface area contributed by atoms with Gasteiger partial charge in [-0.05, 0) is 11.5 Å². The Morgan fingerprint density at radius 3 is 2.33 bits per heavy atom. The number of ketones is 1. The van der Waals surface area contributed by atoms with Gasteiger partial charge in [0.1, 0.15) is 5.57 Å². The zero-order valence-corrected chi connectivity index (χ0v) is 13.0. The van der Waals surface area contributed by atoms with E-state index < -0.39 is 5.97 Å². The maximum Gasteiger partial charge on any atom is 0.341 e. The third-order valence-electron chi connectivity index (χ3n) is 3.89. The van der Waals surface area contributed by atoms with Crippen LogP contribution >= 0.6 is 0 Å². The number of carbonyl (C=O) groups excluding carboxylic acids is 1. The highest BCUT2D eigenvalue weighted by Crippen LogP contribution is 2.21. The van der Waals surface area contributed by atoms with Crippen molar-refractivity contribution in [3.05, 3.63) is 84.7 Å². The highest BCUT2D eigenvalue weighted by molar-refractivity contribution is 6.16. The van der Waals surface area contributed by atoms with Crippen molar-refractivity contribution >= 4 is 28.1 Å². The average Bonchev–Trinajstić information content (AvgIpc) is 2.61. The van der Waals surface area contributed by atoms with Crippen molar-refractivity contribution in [1.82, 2.24) is 0 Å². The van der Waals surface area contributed by atoms with Crippen molar-refractivity contribution in [2.24, 2.45) is 0 Å². The van der Waals surface area contributed by atoms with Crippen LogP contribution in [0.3, 0.4) is 0 Å². The van der Waals surface area contributed by atoms with E-state index >= 15 is 0 Å². The van der Waals surface area contributed by atoms with Crippen LogP contribution in [0, 0.1) is 0 Å². The summed E-state index contributed by atoms with van der Waals surface area (Å²) in [5.74, 6) is -1.19. The number of nitrogens with zero attached hydrogens (tertiary/aromatic N) is 1. The highest BCUT2D eigenvalue weighted by Gasteiger charge is 2.25. The minimum absolute atomic E-state index is 0.0346. The van der Waals surface area contributed by atoms with E-state index in [-0.39, 0.29) is 17.9 Å².